The molecular weight excluding hydrogens is 198 g/mol. The van der Waals surface area contributed by atoms with Crippen LogP contribution in [-0.4, -0.2) is 19.4 Å². The first kappa shape index (κ1) is 11.2. The Morgan fingerprint density at radius 1 is 1.38 bits per heavy atom. The number of fused-ring (bicyclic) bond motifs is 1. The van der Waals surface area contributed by atoms with Gasteiger partial charge >= 0.3 is 0 Å². The molecule has 0 aliphatic carbocycles. The predicted molar refractivity (Wildman–Crippen MR) is 67.7 cm³/mol. The lowest BCUT2D eigenvalue weighted by atomic mass is 9.94. The highest BCUT2D eigenvalue weighted by Crippen LogP contribution is 2.27. The summed E-state index contributed by atoms with van der Waals surface area (Å²) in [5, 5.41) is 0. The van der Waals surface area contributed by atoms with Gasteiger partial charge in [-0.3, -0.25) is 4.99 Å². The van der Waals surface area contributed by atoms with E-state index in [1.807, 2.05) is 6.21 Å². The molecule has 0 aromatic heterocycles. The van der Waals surface area contributed by atoms with E-state index in [-0.39, 0.29) is 0 Å². The smallest absolute Gasteiger partial charge is 0.122 e. The fourth-order valence-electron chi connectivity index (χ4n) is 2.19. The number of benzene rings is 1. The van der Waals surface area contributed by atoms with E-state index in [0.29, 0.717) is 6.04 Å². The van der Waals surface area contributed by atoms with Crippen LogP contribution in [-0.2, 0) is 12.8 Å². The van der Waals surface area contributed by atoms with Crippen LogP contribution in [0.4, 0.5) is 0 Å². The zero-order chi connectivity index (χ0) is 11.5. The van der Waals surface area contributed by atoms with Crippen LogP contribution in [0.3, 0.4) is 0 Å². The monoisotopic (exact) mass is 217 g/mol. The molecule has 1 aliphatic rings. The van der Waals surface area contributed by atoms with Gasteiger partial charge in [-0.05, 0) is 48.1 Å². The van der Waals surface area contributed by atoms with Crippen molar-refractivity contribution in [2.75, 3.05) is 7.11 Å². The van der Waals surface area contributed by atoms with Gasteiger partial charge in [0.25, 0.3) is 0 Å². The van der Waals surface area contributed by atoms with Gasteiger partial charge in [-0.2, -0.15) is 0 Å². The maximum absolute atomic E-state index is 5.43. The first-order valence-electron chi connectivity index (χ1n) is 6.01. The van der Waals surface area contributed by atoms with Crippen molar-refractivity contribution < 1.29 is 4.74 Å². The van der Waals surface area contributed by atoms with Crippen molar-refractivity contribution in [3.63, 3.8) is 0 Å². The minimum absolute atomic E-state index is 0.449. The average Bonchev–Trinajstić information content (AvgIpc) is 2.36. The molecular formula is C14H19NO. The molecule has 1 atom stereocenters. The summed E-state index contributed by atoms with van der Waals surface area (Å²) in [4.78, 5) is 4.55. The number of hydrogen-bond donors (Lipinski definition) is 0. The second-order valence-corrected chi connectivity index (χ2v) is 4.26. The third kappa shape index (κ3) is 1.97. The van der Waals surface area contributed by atoms with Gasteiger partial charge in [0, 0.05) is 6.21 Å². The molecule has 0 amide bonds. The van der Waals surface area contributed by atoms with Crippen molar-refractivity contribution in [1.29, 1.82) is 0 Å². The SMILES string of the molecule is CCc1cc2c(cc1OC)C[C@@H](CC)N=C2. The van der Waals surface area contributed by atoms with E-state index in [2.05, 4.69) is 31.0 Å². The van der Waals surface area contributed by atoms with Crippen LogP contribution in [0.25, 0.3) is 0 Å². The summed E-state index contributed by atoms with van der Waals surface area (Å²) in [5.74, 6) is 1.02. The summed E-state index contributed by atoms with van der Waals surface area (Å²) >= 11 is 0. The molecule has 0 fully saturated rings. The summed E-state index contributed by atoms with van der Waals surface area (Å²) in [5.41, 5.74) is 3.90. The lowest BCUT2D eigenvalue weighted by molar-refractivity contribution is 0.409. The molecule has 0 spiro atoms. The number of rotatable bonds is 3. The van der Waals surface area contributed by atoms with Crippen molar-refractivity contribution in [3.05, 3.63) is 28.8 Å². The molecule has 1 aromatic rings. The summed E-state index contributed by atoms with van der Waals surface area (Å²) in [7, 11) is 1.75. The van der Waals surface area contributed by atoms with Gasteiger partial charge < -0.3 is 4.74 Å². The van der Waals surface area contributed by atoms with Gasteiger partial charge in [-0.25, -0.2) is 0 Å². The Morgan fingerprint density at radius 3 is 2.81 bits per heavy atom. The molecule has 0 radical (unpaired) electrons. The molecule has 0 saturated heterocycles. The van der Waals surface area contributed by atoms with Gasteiger partial charge in [-0.1, -0.05) is 13.8 Å². The van der Waals surface area contributed by atoms with Crippen LogP contribution in [0.2, 0.25) is 0 Å². The molecule has 1 heterocycles. The van der Waals surface area contributed by atoms with Gasteiger partial charge in [0.2, 0.25) is 0 Å². The molecule has 0 bridgehead atoms. The van der Waals surface area contributed by atoms with Crippen LogP contribution in [0.5, 0.6) is 5.75 Å². The number of aliphatic imine (C=N–C) groups is 1. The fourth-order valence-corrected chi connectivity index (χ4v) is 2.19. The van der Waals surface area contributed by atoms with E-state index in [1.54, 1.807) is 7.11 Å². The van der Waals surface area contributed by atoms with E-state index in [9.17, 15) is 0 Å². The van der Waals surface area contributed by atoms with E-state index in [4.69, 9.17) is 4.74 Å². The number of hydrogen-bond acceptors (Lipinski definition) is 2. The normalized spacial score (nSPS) is 18.3. The molecule has 86 valence electrons. The van der Waals surface area contributed by atoms with Crippen LogP contribution >= 0.6 is 0 Å². The molecule has 0 saturated carbocycles. The quantitative estimate of drug-likeness (QED) is 0.762. The summed E-state index contributed by atoms with van der Waals surface area (Å²) < 4.78 is 5.43. The molecule has 2 heteroatoms. The zero-order valence-corrected chi connectivity index (χ0v) is 10.3. The molecule has 0 N–H and O–H groups in total. The van der Waals surface area contributed by atoms with Gasteiger partial charge in [0.1, 0.15) is 5.75 Å². The number of ether oxygens (including phenoxy) is 1. The Balaban J connectivity index is 2.40. The van der Waals surface area contributed by atoms with E-state index >= 15 is 0 Å². The molecule has 2 rings (SSSR count). The Labute approximate surface area is 97.4 Å². The van der Waals surface area contributed by atoms with Crippen LogP contribution in [0.1, 0.15) is 37.0 Å². The first-order chi connectivity index (χ1) is 7.78. The standard InChI is InChI=1S/C14H19NO/c1-4-10-6-12-9-15-13(5-2)7-11(12)8-14(10)16-3/h6,8-9,13H,4-5,7H2,1-3H3/t13-/m1/s1. The van der Waals surface area contributed by atoms with E-state index < -0.39 is 0 Å². The van der Waals surface area contributed by atoms with Crippen molar-refractivity contribution in [3.8, 4) is 5.75 Å². The highest BCUT2D eigenvalue weighted by atomic mass is 16.5. The number of aryl methyl sites for hydroxylation is 1. The summed E-state index contributed by atoms with van der Waals surface area (Å²) in [6, 6.07) is 4.84. The maximum atomic E-state index is 5.43. The lowest BCUT2D eigenvalue weighted by Crippen LogP contribution is -2.14. The van der Waals surface area contributed by atoms with Gasteiger partial charge in [-0.15, -0.1) is 0 Å². The number of nitrogens with zero attached hydrogens (tertiary/aromatic N) is 1. The molecule has 0 unspecified atom stereocenters. The third-order valence-electron chi connectivity index (χ3n) is 3.27. The fraction of sp³-hybridized carbons (Fsp3) is 0.500. The number of methoxy groups -OCH3 is 1. The van der Waals surface area contributed by atoms with Crippen LogP contribution < -0.4 is 4.74 Å². The van der Waals surface area contributed by atoms with Gasteiger partial charge in [0.05, 0.1) is 13.2 Å². The largest absolute Gasteiger partial charge is 0.496 e. The second-order valence-electron chi connectivity index (χ2n) is 4.26. The van der Waals surface area contributed by atoms with Gasteiger partial charge in [0.15, 0.2) is 0 Å². The maximum Gasteiger partial charge on any atom is 0.122 e. The predicted octanol–water partition coefficient (Wildman–Crippen LogP) is 3.01. The third-order valence-corrected chi connectivity index (χ3v) is 3.27. The molecule has 2 nitrogen and oxygen atoms in total. The summed E-state index contributed by atoms with van der Waals surface area (Å²) in [6.45, 7) is 4.34. The molecule has 1 aromatic carbocycles. The Hall–Kier alpha value is -1.31. The van der Waals surface area contributed by atoms with E-state index in [1.165, 1.54) is 16.7 Å². The van der Waals surface area contributed by atoms with Crippen molar-refractivity contribution >= 4 is 6.21 Å². The topological polar surface area (TPSA) is 21.6 Å². The minimum atomic E-state index is 0.449. The lowest BCUT2D eigenvalue weighted by Gasteiger charge is -2.19. The molecule has 16 heavy (non-hydrogen) atoms. The Kier molecular flexibility index (Phi) is 3.28. The Bertz CT molecular complexity index is 409. The highest BCUT2D eigenvalue weighted by Gasteiger charge is 2.15. The van der Waals surface area contributed by atoms with Crippen molar-refractivity contribution in [2.45, 2.75) is 39.2 Å². The highest BCUT2D eigenvalue weighted by molar-refractivity contribution is 5.84. The summed E-state index contributed by atoms with van der Waals surface area (Å²) in [6.07, 6.45) is 5.17. The van der Waals surface area contributed by atoms with Crippen molar-refractivity contribution in [2.24, 2.45) is 4.99 Å². The minimum Gasteiger partial charge on any atom is -0.496 e. The average molecular weight is 217 g/mol. The molecule has 1 aliphatic heterocycles. The van der Waals surface area contributed by atoms with Crippen LogP contribution in [0, 0.1) is 0 Å². The zero-order valence-electron chi connectivity index (χ0n) is 10.3. The first-order valence-corrected chi connectivity index (χ1v) is 6.01. The second kappa shape index (κ2) is 4.69. The van der Waals surface area contributed by atoms with E-state index in [0.717, 1.165) is 25.0 Å². The Morgan fingerprint density at radius 2 is 2.19 bits per heavy atom. The van der Waals surface area contributed by atoms with Crippen molar-refractivity contribution in [1.82, 2.24) is 0 Å². The van der Waals surface area contributed by atoms with Crippen LogP contribution in [0.15, 0.2) is 17.1 Å².